The number of hydrogen-bond acceptors (Lipinski definition) is 13. The second-order valence-corrected chi connectivity index (χ2v) is 20.9. The summed E-state index contributed by atoms with van der Waals surface area (Å²) in [5.74, 6) is -0.221. The molecule has 3 N–H and O–H groups in total. The summed E-state index contributed by atoms with van der Waals surface area (Å²) < 4.78 is 48.2. The molecule has 5 aliphatic heterocycles. The molecule has 11 rings (SSSR count). The van der Waals surface area contributed by atoms with E-state index < -0.39 is 37.5 Å². The van der Waals surface area contributed by atoms with Gasteiger partial charge in [0, 0.05) is 68.3 Å². The van der Waals surface area contributed by atoms with E-state index in [9.17, 15) is 23.3 Å². The Bertz CT molecular complexity index is 2780. The quantitative estimate of drug-likeness (QED) is 0.0870. The molecule has 5 aromatic rings. The lowest BCUT2D eigenvalue weighted by Crippen LogP contribution is -2.55. The third-order valence-corrected chi connectivity index (χ3v) is 16.6. The van der Waals surface area contributed by atoms with Crippen molar-refractivity contribution >= 4 is 55.4 Å². The standard InChI is InChI=1S/C49H56N8O8S/c1-31-5-2-3-6-37(31)40-7-4-18-55(40)35-26-49(27-35)15-19-54(20-16-49)34-8-10-38(41(24-34)56-43-23-33-12-17-50-46(33)52-48(43)65-45-30-64-29-44(45)56)47(58)53-66(61,62)36-9-11-39(42(25-36)57(59)60)51-28-32-13-21-63-22-14-32/h2-3,5-6,8-12,17,23-25,32,35,40,44-45,51H,4,7,13-16,18-22,26-30H2,1H3,(H,50,52)(H,53,58)/t40-,44-,45+/m0/s1. The Kier molecular flexibility index (Phi) is 11.1. The molecular formula is C49H56N8O8S. The van der Waals surface area contributed by atoms with Crippen LogP contribution in [0.5, 0.6) is 5.88 Å². The molecule has 1 spiro atoms. The molecule has 17 heteroatoms. The summed E-state index contributed by atoms with van der Waals surface area (Å²) in [6.07, 6.45) is 10.0. The van der Waals surface area contributed by atoms with E-state index in [4.69, 9.17) is 19.2 Å². The van der Waals surface area contributed by atoms with Crippen LogP contribution >= 0.6 is 0 Å². The minimum Gasteiger partial charge on any atom is -0.468 e. The molecule has 6 aliphatic rings. The van der Waals surface area contributed by atoms with Crippen molar-refractivity contribution in [2.75, 3.05) is 67.7 Å². The van der Waals surface area contributed by atoms with Crippen LogP contribution in [0.25, 0.3) is 11.0 Å². The lowest BCUT2D eigenvalue weighted by atomic mass is 9.59. The van der Waals surface area contributed by atoms with Crippen molar-refractivity contribution in [2.45, 2.75) is 87.4 Å². The Hall–Kier alpha value is -5.75. The van der Waals surface area contributed by atoms with Gasteiger partial charge in [-0.2, -0.15) is 4.98 Å². The lowest BCUT2D eigenvalue weighted by Gasteiger charge is -2.56. The van der Waals surface area contributed by atoms with Crippen LogP contribution in [0.1, 0.15) is 78.9 Å². The molecule has 1 saturated carbocycles. The van der Waals surface area contributed by atoms with Gasteiger partial charge in [-0.1, -0.05) is 24.3 Å². The molecule has 0 unspecified atom stereocenters. The van der Waals surface area contributed by atoms with Gasteiger partial charge < -0.3 is 34.3 Å². The minimum absolute atomic E-state index is 0.114. The van der Waals surface area contributed by atoms with Gasteiger partial charge in [0.2, 0.25) is 5.88 Å². The molecule has 66 heavy (non-hydrogen) atoms. The van der Waals surface area contributed by atoms with Crippen LogP contribution in [-0.4, -0.2) is 105 Å². The van der Waals surface area contributed by atoms with Crippen LogP contribution in [0.15, 0.2) is 83.9 Å². The van der Waals surface area contributed by atoms with Gasteiger partial charge in [-0.3, -0.25) is 19.8 Å². The molecule has 1 amide bonds. The van der Waals surface area contributed by atoms with Crippen LogP contribution in [0.4, 0.5) is 28.4 Å². The largest absolute Gasteiger partial charge is 0.468 e. The first kappa shape index (κ1) is 42.9. The van der Waals surface area contributed by atoms with E-state index in [-0.39, 0.29) is 23.2 Å². The number of pyridine rings is 1. The topological polar surface area (TPSA) is 184 Å². The van der Waals surface area contributed by atoms with E-state index in [0.717, 1.165) is 62.5 Å². The fourth-order valence-corrected chi connectivity index (χ4v) is 12.6. The molecular weight excluding hydrogens is 861 g/mol. The molecule has 7 heterocycles. The van der Waals surface area contributed by atoms with E-state index >= 15 is 0 Å². The minimum atomic E-state index is -4.58. The second kappa shape index (κ2) is 17.2. The number of benzene rings is 3. The molecule has 1 aliphatic carbocycles. The zero-order chi connectivity index (χ0) is 45.2. The van der Waals surface area contributed by atoms with Crippen molar-refractivity contribution < 1.29 is 32.3 Å². The summed E-state index contributed by atoms with van der Waals surface area (Å²) in [7, 11) is -4.58. The highest BCUT2D eigenvalue weighted by Gasteiger charge is 2.50. The number of nitrogens with zero attached hydrogens (tertiary/aromatic N) is 5. The number of amides is 1. The van der Waals surface area contributed by atoms with E-state index in [1.807, 2.05) is 35.4 Å². The Morgan fingerprint density at radius 2 is 1.77 bits per heavy atom. The number of fused-ring (bicyclic) bond motifs is 3. The zero-order valence-corrected chi connectivity index (χ0v) is 37.9. The Morgan fingerprint density at radius 1 is 0.955 bits per heavy atom. The fraction of sp³-hybridized carbons (Fsp3) is 0.469. The first-order valence-electron chi connectivity index (χ1n) is 23.4. The van der Waals surface area contributed by atoms with Gasteiger partial charge in [0.1, 0.15) is 23.1 Å². The number of likely N-dealkylation sites (tertiary alicyclic amines) is 1. The van der Waals surface area contributed by atoms with Crippen LogP contribution in [0.2, 0.25) is 0 Å². The van der Waals surface area contributed by atoms with Gasteiger partial charge in [0.15, 0.2) is 0 Å². The third-order valence-electron chi connectivity index (χ3n) is 15.3. The molecule has 2 aromatic heterocycles. The number of H-pyrrole nitrogens is 1. The van der Waals surface area contributed by atoms with Gasteiger partial charge in [-0.25, -0.2) is 13.1 Å². The number of aryl methyl sites for hydroxylation is 1. The Morgan fingerprint density at radius 3 is 2.58 bits per heavy atom. The number of hydrogen-bond donors (Lipinski definition) is 3. The van der Waals surface area contributed by atoms with Gasteiger partial charge in [0.25, 0.3) is 21.6 Å². The SMILES string of the molecule is Cc1ccccc1[C@@H]1CCCN1C1CC2(CCN(c3ccc(C(=O)NS(=O)(=O)c4ccc(NCC5CCOCC5)c([N+](=O)[O-])c4)c(N4c5cc6cc[nH]c6nc5O[C@@H]5COC[C@@H]54)c3)CC2)C1. The highest BCUT2D eigenvalue weighted by Crippen LogP contribution is 2.54. The molecule has 5 fully saturated rings. The number of nitrogens with one attached hydrogen (secondary N) is 3. The number of aromatic amines is 1. The van der Waals surface area contributed by atoms with E-state index in [1.165, 1.54) is 48.9 Å². The zero-order valence-electron chi connectivity index (χ0n) is 37.1. The summed E-state index contributed by atoms with van der Waals surface area (Å²) >= 11 is 0. The maximum Gasteiger partial charge on any atom is 0.293 e. The summed E-state index contributed by atoms with van der Waals surface area (Å²) in [5.41, 5.74) is 5.76. The number of ether oxygens (including phenoxy) is 3. The summed E-state index contributed by atoms with van der Waals surface area (Å²) in [6, 6.07) is 22.7. The molecule has 0 bridgehead atoms. The number of piperidine rings is 1. The summed E-state index contributed by atoms with van der Waals surface area (Å²) in [4.78, 5) is 40.9. The van der Waals surface area contributed by atoms with E-state index in [0.29, 0.717) is 73.4 Å². The maximum atomic E-state index is 14.6. The predicted octanol–water partition coefficient (Wildman–Crippen LogP) is 7.62. The first-order chi connectivity index (χ1) is 32.0. The van der Waals surface area contributed by atoms with E-state index in [1.54, 1.807) is 6.07 Å². The normalized spacial score (nSPS) is 23.3. The van der Waals surface area contributed by atoms with Crippen molar-refractivity contribution in [2.24, 2.45) is 11.3 Å². The van der Waals surface area contributed by atoms with Gasteiger partial charge in [-0.15, -0.1) is 0 Å². The molecule has 0 radical (unpaired) electrons. The molecule has 3 aromatic carbocycles. The lowest BCUT2D eigenvalue weighted by molar-refractivity contribution is -0.384. The molecule has 346 valence electrons. The van der Waals surface area contributed by atoms with Crippen molar-refractivity contribution in [1.82, 2.24) is 19.6 Å². The predicted molar refractivity (Wildman–Crippen MR) is 250 cm³/mol. The summed E-state index contributed by atoms with van der Waals surface area (Å²) in [6.45, 7) is 7.47. The van der Waals surface area contributed by atoms with Crippen molar-refractivity contribution in [3.63, 3.8) is 0 Å². The molecule has 16 nitrogen and oxygen atoms in total. The van der Waals surface area contributed by atoms with Crippen molar-refractivity contribution in [3.8, 4) is 5.88 Å². The number of nitro benzene ring substituents is 1. The highest BCUT2D eigenvalue weighted by atomic mass is 32.2. The average molecular weight is 917 g/mol. The fourth-order valence-electron chi connectivity index (χ4n) is 11.6. The number of aromatic nitrogens is 2. The van der Waals surface area contributed by atoms with Gasteiger partial charge in [-0.05, 0) is 130 Å². The second-order valence-electron chi connectivity index (χ2n) is 19.2. The van der Waals surface area contributed by atoms with Crippen LogP contribution in [0.3, 0.4) is 0 Å². The third kappa shape index (κ3) is 7.92. The molecule has 4 saturated heterocycles. The first-order valence-corrected chi connectivity index (χ1v) is 24.9. The summed E-state index contributed by atoms with van der Waals surface area (Å²) in [5, 5.41) is 16.2. The Labute approximate surface area is 384 Å². The van der Waals surface area contributed by atoms with Gasteiger partial charge in [0.05, 0.1) is 40.3 Å². The number of sulfonamides is 1. The number of carbonyl (C=O) groups is 1. The van der Waals surface area contributed by atoms with Gasteiger partial charge >= 0.3 is 0 Å². The van der Waals surface area contributed by atoms with Crippen LogP contribution in [0, 0.1) is 28.4 Å². The number of carbonyl (C=O) groups excluding carboxylic acids is 1. The average Bonchev–Trinajstić information content (AvgIpc) is 4.11. The van der Waals surface area contributed by atoms with Crippen molar-refractivity contribution in [3.05, 3.63) is 106 Å². The van der Waals surface area contributed by atoms with Crippen molar-refractivity contribution in [1.29, 1.82) is 0 Å². The van der Waals surface area contributed by atoms with E-state index in [2.05, 4.69) is 56.0 Å². The smallest absolute Gasteiger partial charge is 0.293 e. The molecule has 3 atom stereocenters. The monoisotopic (exact) mass is 916 g/mol. The number of nitro groups is 1. The maximum absolute atomic E-state index is 14.6. The van der Waals surface area contributed by atoms with Crippen LogP contribution < -0.4 is 24.6 Å². The van der Waals surface area contributed by atoms with Crippen LogP contribution in [-0.2, 0) is 19.5 Å². The highest BCUT2D eigenvalue weighted by molar-refractivity contribution is 7.90. The Balaban J connectivity index is 0.871. The number of anilines is 4. The number of rotatable bonds is 11.